The lowest BCUT2D eigenvalue weighted by Crippen LogP contribution is -2.61. The molecule has 0 aliphatic carbocycles. The first-order valence-corrected chi connectivity index (χ1v) is 9.16. The van der Waals surface area contributed by atoms with Gasteiger partial charge in [-0.2, -0.15) is 0 Å². The van der Waals surface area contributed by atoms with Crippen LogP contribution in [0.4, 0.5) is 10.5 Å². The van der Waals surface area contributed by atoms with Gasteiger partial charge in [0.25, 0.3) is 0 Å². The van der Waals surface area contributed by atoms with Crippen LogP contribution in [0.15, 0.2) is 24.3 Å². The van der Waals surface area contributed by atoms with Gasteiger partial charge in [-0.05, 0) is 30.9 Å². The molecule has 26 heavy (non-hydrogen) atoms. The SMILES string of the molecule is CC(C)C[C@H]1NC(=O)[C@@H]2C[C@H](NC(=O)Nc3ccccc3Cl)CN2C1=O. The van der Waals surface area contributed by atoms with E-state index in [2.05, 4.69) is 16.0 Å². The maximum atomic E-state index is 12.6. The Morgan fingerprint density at radius 1 is 1.35 bits per heavy atom. The molecule has 0 saturated carbocycles. The summed E-state index contributed by atoms with van der Waals surface area (Å²) < 4.78 is 0. The third-order valence-electron chi connectivity index (χ3n) is 4.67. The van der Waals surface area contributed by atoms with Crippen LogP contribution in [0.2, 0.25) is 5.02 Å². The molecule has 3 atom stereocenters. The summed E-state index contributed by atoms with van der Waals surface area (Å²) in [4.78, 5) is 38.8. The van der Waals surface area contributed by atoms with E-state index in [9.17, 15) is 14.4 Å². The van der Waals surface area contributed by atoms with Crippen LogP contribution in [0, 0.1) is 5.92 Å². The molecule has 0 bridgehead atoms. The van der Waals surface area contributed by atoms with E-state index in [1.807, 2.05) is 13.8 Å². The van der Waals surface area contributed by atoms with Gasteiger partial charge in [0, 0.05) is 6.54 Å². The first-order chi connectivity index (χ1) is 12.3. The Morgan fingerprint density at radius 2 is 2.08 bits per heavy atom. The Bertz CT molecular complexity index is 724. The second-order valence-corrected chi connectivity index (χ2v) is 7.62. The van der Waals surface area contributed by atoms with Crippen LogP contribution >= 0.6 is 11.6 Å². The quantitative estimate of drug-likeness (QED) is 0.748. The number of hydrogen-bond acceptors (Lipinski definition) is 3. The highest BCUT2D eigenvalue weighted by atomic mass is 35.5. The number of carbonyl (C=O) groups is 3. The third kappa shape index (κ3) is 3.93. The van der Waals surface area contributed by atoms with Gasteiger partial charge in [-0.1, -0.05) is 37.6 Å². The lowest BCUT2D eigenvalue weighted by Gasteiger charge is -2.35. The van der Waals surface area contributed by atoms with E-state index in [0.29, 0.717) is 36.0 Å². The largest absolute Gasteiger partial charge is 0.342 e. The molecular weight excluding hydrogens is 356 g/mol. The summed E-state index contributed by atoms with van der Waals surface area (Å²) in [6, 6.07) is 5.25. The van der Waals surface area contributed by atoms with Gasteiger partial charge >= 0.3 is 6.03 Å². The average molecular weight is 379 g/mol. The van der Waals surface area contributed by atoms with E-state index < -0.39 is 18.1 Å². The standard InChI is InChI=1S/C18H23ClN4O3/c1-10(2)7-14-17(25)23-9-11(8-15(23)16(24)21-14)20-18(26)22-13-6-4-3-5-12(13)19/h3-6,10-11,14-15H,7-9H2,1-2H3,(H,21,24)(H2,20,22,26)/t11-,14+,15-/m0/s1. The molecule has 2 heterocycles. The number of nitrogens with zero attached hydrogens (tertiary/aromatic N) is 1. The first-order valence-electron chi connectivity index (χ1n) is 8.78. The highest BCUT2D eigenvalue weighted by molar-refractivity contribution is 6.33. The van der Waals surface area contributed by atoms with Crippen molar-refractivity contribution >= 4 is 35.1 Å². The summed E-state index contributed by atoms with van der Waals surface area (Å²) in [5.41, 5.74) is 0.508. The molecule has 3 rings (SSSR count). The van der Waals surface area contributed by atoms with Crippen molar-refractivity contribution in [3.63, 3.8) is 0 Å². The number of amides is 4. The molecule has 2 aliphatic rings. The number of fused-ring (bicyclic) bond motifs is 1. The maximum Gasteiger partial charge on any atom is 0.319 e. The number of nitrogens with one attached hydrogen (secondary N) is 3. The van der Waals surface area contributed by atoms with E-state index >= 15 is 0 Å². The molecule has 3 N–H and O–H groups in total. The molecule has 2 fully saturated rings. The molecular formula is C18H23ClN4O3. The molecule has 2 aliphatic heterocycles. The van der Waals surface area contributed by atoms with Crippen LogP contribution in [0.3, 0.4) is 0 Å². The lowest BCUT2D eigenvalue weighted by molar-refractivity contribution is -0.147. The molecule has 1 aromatic carbocycles. The minimum atomic E-state index is -0.517. The van der Waals surface area contributed by atoms with Gasteiger partial charge in [-0.15, -0.1) is 0 Å². The normalized spacial score (nSPS) is 25.1. The molecule has 4 amide bonds. The second-order valence-electron chi connectivity index (χ2n) is 7.21. The van der Waals surface area contributed by atoms with Crippen LogP contribution in [-0.4, -0.2) is 47.4 Å². The van der Waals surface area contributed by atoms with Crippen LogP contribution in [0.25, 0.3) is 0 Å². The van der Waals surface area contributed by atoms with Crippen molar-refractivity contribution < 1.29 is 14.4 Å². The molecule has 0 spiro atoms. The van der Waals surface area contributed by atoms with E-state index in [4.69, 9.17) is 11.6 Å². The van der Waals surface area contributed by atoms with Crippen molar-refractivity contribution in [2.24, 2.45) is 5.92 Å². The van der Waals surface area contributed by atoms with Crippen LogP contribution < -0.4 is 16.0 Å². The molecule has 0 aromatic heterocycles. The van der Waals surface area contributed by atoms with Crippen molar-refractivity contribution in [2.45, 2.75) is 44.8 Å². The fourth-order valence-electron chi connectivity index (χ4n) is 3.50. The second kappa shape index (κ2) is 7.53. The summed E-state index contributed by atoms with van der Waals surface area (Å²) in [6.45, 7) is 4.36. The van der Waals surface area contributed by atoms with Crippen molar-refractivity contribution in [1.29, 1.82) is 0 Å². The van der Waals surface area contributed by atoms with Gasteiger partial charge < -0.3 is 20.9 Å². The number of anilines is 1. The van der Waals surface area contributed by atoms with Crippen LogP contribution in [0.5, 0.6) is 0 Å². The van der Waals surface area contributed by atoms with Crippen molar-refractivity contribution in [1.82, 2.24) is 15.5 Å². The monoisotopic (exact) mass is 378 g/mol. The van der Waals surface area contributed by atoms with Gasteiger partial charge in [-0.25, -0.2) is 4.79 Å². The Kier molecular flexibility index (Phi) is 5.36. The Hall–Kier alpha value is -2.28. The Labute approximate surface area is 157 Å². The van der Waals surface area contributed by atoms with E-state index in [-0.39, 0.29) is 17.9 Å². The smallest absolute Gasteiger partial charge is 0.319 e. The summed E-state index contributed by atoms with van der Waals surface area (Å²) >= 11 is 6.03. The zero-order valence-electron chi connectivity index (χ0n) is 14.8. The Morgan fingerprint density at radius 3 is 2.77 bits per heavy atom. The fourth-order valence-corrected chi connectivity index (χ4v) is 3.68. The number of benzene rings is 1. The summed E-state index contributed by atoms with van der Waals surface area (Å²) in [7, 11) is 0. The number of halogens is 1. The summed E-state index contributed by atoms with van der Waals surface area (Å²) in [5.74, 6) is 0.0869. The number of urea groups is 1. The van der Waals surface area contributed by atoms with Gasteiger partial charge in [-0.3, -0.25) is 9.59 Å². The van der Waals surface area contributed by atoms with E-state index in [1.54, 1.807) is 29.2 Å². The average Bonchev–Trinajstić information content (AvgIpc) is 2.98. The number of para-hydroxylation sites is 1. The predicted molar refractivity (Wildman–Crippen MR) is 98.9 cm³/mol. The zero-order valence-corrected chi connectivity index (χ0v) is 15.5. The molecule has 0 unspecified atom stereocenters. The fraction of sp³-hybridized carbons (Fsp3) is 0.500. The predicted octanol–water partition coefficient (Wildman–Crippen LogP) is 1.98. The van der Waals surface area contributed by atoms with Crippen molar-refractivity contribution in [2.75, 3.05) is 11.9 Å². The number of piperazine rings is 1. The zero-order chi connectivity index (χ0) is 18.8. The summed E-state index contributed by atoms with van der Waals surface area (Å²) in [6.07, 6.45) is 1.01. The first kappa shape index (κ1) is 18.5. The number of rotatable bonds is 4. The van der Waals surface area contributed by atoms with Crippen LogP contribution in [0.1, 0.15) is 26.7 Å². The highest BCUT2D eigenvalue weighted by Crippen LogP contribution is 2.25. The van der Waals surface area contributed by atoms with Crippen LogP contribution in [-0.2, 0) is 9.59 Å². The van der Waals surface area contributed by atoms with Gasteiger partial charge in [0.1, 0.15) is 12.1 Å². The third-order valence-corrected chi connectivity index (χ3v) is 5.00. The van der Waals surface area contributed by atoms with Gasteiger partial charge in [0.05, 0.1) is 16.8 Å². The molecule has 140 valence electrons. The highest BCUT2D eigenvalue weighted by Gasteiger charge is 2.46. The minimum absolute atomic E-state index is 0.0703. The van der Waals surface area contributed by atoms with Crippen molar-refractivity contribution in [3.05, 3.63) is 29.3 Å². The molecule has 1 aromatic rings. The van der Waals surface area contributed by atoms with E-state index in [1.165, 1.54) is 0 Å². The molecule has 7 nitrogen and oxygen atoms in total. The van der Waals surface area contributed by atoms with E-state index in [0.717, 1.165) is 0 Å². The lowest BCUT2D eigenvalue weighted by atomic mass is 9.99. The maximum absolute atomic E-state index is 12.6. The molecule has 2 saturated heterocycles. The van der Waals surface area contributed by atoms with Crippen molar-refractivity contribution in [3.8, 4) is 0 Å². The number of carbonyl (C=O) groups excluding carboxylic acids is 3. The van der Waals surface area contributed by atoms with Gasteiger partial charge in [0.15, 0.2) is 0 Å². The number of hydrogen-bond donors (Lipinski definition) is 3. The molecule has 8 heteroatoms. The minimum Gasteiger partial charge on any atom is -0.342 e. The molecule has 0 radical (unpaired) electrons. The van der Waals surface area contributed by atoms with Gasteiger partial charge in [0.2, 0.25) is 11.8 Å². The Balaban J connectivity index is 1.61. The summed E-state index contributed by atoms with van der Waals surface area (Å²) in [5, 5.41) is 8.77. The topological polar surface area (TPSA) is 90.5 Å².